The van der Waals surface area contributed by atoms with E-state index in [-0.39, 0.29) is 5.91 Å². The molecule has 0 aliphatic rings. The van der Waals surface area contributed by atoms with Crippen molar-refractivity contribution < 1.29 is 32.6 Å². The number of hydrogen-bond acceptors (Lipinski definition) is 5. The van der Waals surface area contributed by atoms with Crippen LogP contribution in [0.15, 0.2) is 48.7 Å². The van der Waals surface area contributed by atoms with E-state index in [1.165, 1.54) is 96.3 Å². The predicted molar refractivity (Wildman–Crippen MR) is 173 cm³/mol. The van der Waals surface area contributed by atoms with E-state index in [1.807, 2.05) is 42.5 Å². The number of nitrogens with one attached hydrogen (secondary N) is 1. The van der Waals surface area contributed by atoms with Gasteiger partial charge < -0.3 is 20.9 Å². The maximum atomic E-state index is 12.3. The van der Waals surface area contributed by atoms with Crippen molar-refractivity contribution in [3.05, 3.63) is 59.9 Å². The molecule has 4 N–H and O–H groups in total. The zero-order chi connectivity index (χ0) is 33.2. The van der Waals surface area contributed by atoms with Crippen LogP contribution >= 0.6 is 0 Å². The van der Waals surface area contributed by atoms with E-state index in [0.717, 1.165) is 17.7 Å². The molecule has 1 heterocycles. The van der Waals surface area contributed by atoms with Crippen molar-refractivity contribution >= 4 is 11.9 Å². The number of carboxylic acids is 1. The minimum atomic E-state index is -5.08. The highest BCUT2D eigenvalue weighted by molar-refractivity contribution is 5.81. The Morgan fingerprint density at radius 1 is 0.822 bits per heavy atom. The molecule has 10 heteroatoms. The number of ether oxygens (including phenoxy) is 1. The Kier molecular flexibility index (Phi) is 22.2. The summed E-state index contributed by atoms with van der Waals surface area (Å²) in [4.78, 5) is 25.7. The summed E-state index contributed by atoms with van der Waals surface area (Å²) in [6.45, 7) is 3.48. The van der Waals surface area contributed by atoms with Crippen molar-refractivity contribution in [2.75, 3.05) is 6.54 Å². The van der Waals surface area contributed by atoms with Crippen molar-refractivity contribution in [1.82, 2.24) is 10.3 Å². The number of rotatable bonds is 23. The van der Waals surface area contributed by atoms with Gasteiger partial charge >= 0.3 is 12.1 Å². The zero-order valence-electron chi connectivity index (χ0n) is 27.0. The average molecular weight is 638 g/mol. The van der Waals surface area contributed by atoms with Gasteiger partial charge in [0.05, 0.1) is 12.2 Å². The molecule has 0 saturated heterocycles. The Labute approximate surface area is 267 Å². The lowest BCUT2D eigenvalue weighted by Gasteiger charge is -2.12. The van der Waals surface area contributed by atoms with Gasteiger partial charge in [-0.15, -0.1) is 0 Å². The summed E-state index contributed by atoms with van der Waals surface area (Å²) >= 11 is 0. The molecule has 1 amide bonds. The Bertz CT molecular complexity index is 1020. The number of aromatic nitrogens is 1. The molecule has 0 radical (unpaired) electrons. The molecule has 254 valence electrons. The van der Waals surface area contributed by atoms with Crippen LogP contribution in [-0.2, 0) is 22.6 Å². The number of carbonyl (C=O) groups excluding carboxylic acids is 1. The molecule has 2 aromatic rings. The van der Waals surface area contributed by atoms with Gasteiger partial charge in [-0.1, -0.05) is 134 Å². The minimum absolute atomic E-state index is 0.0998. The van der Waals surface area contributed by atoms with Crippen LogP contribution in [0.25, 0.3) is 0 Å². The zero-order valence-corrected chi connectivity index (χ0v) is 27.0. The van der Waals surface area contributed by atoms with Gasteiger partial charge in [0.1, 0.15) is 12.4 Å². The van der Waals surface area contributed by atoms with E-state index in [9.17, 15) is 18.0 Å². The number of aliphatic carboxylic acids is 1. The van der Waals surface area contributed by atoms with E-state index < -0.39 is 18.2 Å². The van der Waals surface area contributed by atoms with E-state index in [4.69, 9.17) is 20.4 Å². The molecule has 1 aromatic carbocycles. The number of benzene rings is 1. The third-order valence-electron chi connectivity index (χ3n) is 7.38. The molecule has 7 nitrogen and oxygen atoms in total. The number of unbranched alkanes of at least 4 members (excludes halogenated alkanes) is 15. The summed E-state index contributed by atoms with van der Waals surface area (Å²) < 4.78 is 37.5. The fraction of sp³-hybridized carbons (Fsp3) is 0.629. The highest BCUT2D eigenvalue weighted by atomic mass is 19.4. The van der Waals surface area contributed by atoms with Crippen LogP contribution in [-0.4, -0.2) is 40.7 Å². The Hall–Kier alpha value is -3.14. The van der Waals surface area contributed by atoms with Crippen molar-refractivity contribution in [2.45, 2.75) is 135 Å². The quantitative estimate of drug-likeness (QED) is 0.105. The number of carbonyl (C=O) groups is 2. The van der Waals surface area contributed by atoms with Crippen LogP contribution in [0, 0.1) is 0 Å². The van der Waals surface area contributed by atoms with Gasteiger partial charge in [-0.3, -0.25) is 9.78 Å². The lowest BCUT2D eigenvalue weighted by molar-refractivity contribution is -0.192. The van der Waals surface area contributed by atoms with Crippen LogP contribution in [0.4, 0.5) is 13.2 Å². The van der Waals surface area contributed by atoms with Gasteiger partial charge in [0, 0.05) is 18.7 Å². The number of halogens is 3. The second kappa shape index (κ2) is 25.1. The van der Waals surface area contributed by atoms with Gasteiger partial charge in [0.15, 0.2) is 0 Å². The molecule has 0 spiro atoms. The van der Waals surface area contributed by atoms with Gasteiger partial charge in [-0.25, -0.2) is 4.79 Å². The number of alkyl halides is 3. The lowest BCUT2D eigenvalue weighted by Crippen LogP contribution is -2.42. The summed E-state index contributed by atoms with van der Waals surface area (Å²) in [5.41, 5.74) is 8.01. The smallest absolute Gasteiger partial charge is 0.487 e. The second-order valence-corrected chi connectivity index (χ2v) is 11.5. The number of amides is 1. The fourth-order valence-corrected chi connectivity index (χ4v) is 4.69. The Balaban J connectivity index is 0.00000129. The number of hydrogen-bond donors (Lipinski definition) is 3. The first-order chi connectivity index (χ1) is 21.6. The van der Waals surface area contributed by atoms with Crippen LogP contribution in [0.1, 0.15) is 121 Å². The third-order valence-corrected chi connectivity index (χ3v) is 7.38. The molecule has 1 atom stereocenters. The molecule has 0 bridgehead atoms. The first-order valence-electron chi connectivity index (χ1n) is 16.6. The van der Waals surface area contributed by atoms with Crippen LogP contribution in [0.3, 0.4) is 0 Å². The monoisotopic (exact) mass is 637 g/mol. The summed E-state index contributed by atoms with van der Waals surface area (Å²) in [7, 11) is 0. The lowest BCUT2D eigenvalue weighted by atomic mass is 10.0. The molecule has 0 fully saturated rings. The summed E-state index contributed by atoms with van der Waals surface area (Å²) in [5, 5.41) is 10.1. The standard InChI is InChI=1S/C33H53N3O2.C2HF3O2/c1-2-3-4-5-6-7-8-9-10-11-12-13-14-15-16-20-25-35-33(37)32(34)26-30-23-24-31(27-36-30)38-28-29-21-18-17-19-22-29;3-2(4,5)1(6)7/h17-19,21-24,27,32H,2-16,20,25-26,28,34H2,1H3,(H,35,37);(H,6,7). The molecule has 0 saturated carbocycles. The normalized spacial score (nSPS) is 11.8. The summed E-state index contributed by atoms with van der Waals surface area (Å²) in [6.07, 6.45) is 18.6. The maximum absolute atomic E-state index is 12.3. The van der Waals surface area contributed by atoms with Crippen LogP contribution in [0.2, 0.25) is 0 Å². The van der Waals surface area contributed by atoms with Gasteiger partial charge in [-0.05, 0) is 24.1 Å². The van der Waals surface area contributed by atoms with E-state index in [1.54, 1.807) is 6.20 Å². The first kappa shape index (κ1) is 39.9. The SMILES string of the molecule is CCCCCCCCCCCCCCCCCCNC(=O)C(N)Cc1ccc(OCc2ccccc2)cn1.O=C(O)C(F)(F)F. The number of carboxylic acid groups (broad SMARTS) is 1. The van der Waals surface area contributed by atoms with Gasteiger partial charge in [0.2, 0.25) is 5.91 Å². The molecule has 1 unspecified atom stereocenters. The molecule has 2 rings (SSSR count). The molecule has 0 aliphatic heterocycles. The molecular formula is C35H54F3N3O4. The van der Waals surface area contributed by atoms with Crippen LogP contribution in [0.5, 0.6) is 5.75 Å². The molecule has 1 aromatic heterocycles. The third kappa shape index (κ3) is 22.1. The van der Waals surface area contributed by atoms with Gasteiger partial charge in [0.25, 0.3) is 0 Å². The highest BCUT2D eigenvalue weighted by Crippen LogP contribution is 2.15. The molecule has 0 aliphatic carbocycles. The second-order valence-electron chi connectivity index (χ2n) is 11.5. The largest absolute Gasteiger partial charge is 0.490 e. The average Bonchev–Trinajstić information content (AvgIpc) is 3.02. The Morgan fingerprint density at radius 3 is 1.76 bits per heavy atom. The summed E-state index contributed by atoms with van der Waals surface area (Å²) in [6, 6.07) is 13.2. The van der Waals surface area contributed by atoms with E-state index >= 15 is 0 Å². The summed E-state index contributed by atoms with van der Waals surface area (Å²) in [5.74, 6) is -2.15. The highest BCUT2D eigenvalue weighted by Gasteiger charge is 2.38. The maximum Gasteiger partial charge on any atom is 0.490 e. The van der Waals surface area contributed by atoms with E-state index in [0.29, 0.717) is 25.3 Å². The first-order valence-corrected chi connectivity index (χ1v) is 16.6. The van der Waals surface area contributed by atoms with Gasteiger partial charge in [-0.2, -0.15) is 13.2 Å². The Morgan fingerprint density at radius 2 is 1.31 bits per heavy atom. The van der Waals surface area contributed by atoms with Crippen molar-refractivity contribution in [2.24, 2.45) is 5.73 Å². The molecular weight excluding hydrogens is 583 g/mol. The predicted octanol–water partition coefficient (Wildman–Crippen LogP) is 8.54. The van der Waals surface area contributed by atoms with Crippen molar-refractivity contribution in [3.63, 3.8) is 0 Å². The fourth-order valence-electron chi connectivity index (χ4n) is 4.69. The van der Waals surface area contributed by atoms with Crippen molar-refractivity contribution in [1.29, 1.82) is 0 Å². The van der Waals surface area contributed by atoms with E-state index in [2.05, 4.69) is 17.2 Å². The van der Waals surface area contributed by atoms with Crippen molar-refractivity contribution in [3.8, 4) is 5.75 Å². The number of nitrogens with zero attached hydrogens (tertiary/aromatic N) is 1. The van der Waals surface area contributed by atoms with Crippen LogP contribution < -0.4 is 15.8 Å². The minimum Gasteiger partial charge on any atom is -0.487 e. The molecule has 45 heavy (non-hydrogen) atoms. The number of nitrogens with two attached hydrogens (primary N) is 1. The topological polar surface area (TPSA) is 115 Å². The number of pyridine rings is 1.